The highest BCUT2D eigenvalue weighted by Gasteiger charge is 2.44. The number of aliphatic hydroxyl groups excluding tert-OH is 5. The highest BCUT2D eigenvalue weighted by atomic mass is 16.7. The predicted molar refractivity (Wildman–Crippen MR) is 320 cm³/mol. The number of amides is 1. The Morgan fingerprint density at radius 3 is 1.39 bits per heavy atom. The molecule has 0 radical (unpaired) electrons. The molecule has 6 N–H and O–H groups in total. The molecular weight excluding hydrogens is 967 g/mol. The molecule has 7 unspecified atom stereocenters. The van der Waals surface area contributed by atoms with Crippen molar-refractivity contribution in [1.82, 2.24) is 5.32 Å². The van der Waals surface area contributed by atoms with Crippen molar-refractivity contribution in [3.63, 3.8) is 0 Å². The highest BCUT2D eigenvalue weighted by molar-refractivity contribution is 5.76. The number of carbonyl (C=O) groups is 2. The van der Waals surface area contributed by atoms with E-state index >= 15 is 0 Å². The van der Waals surface area contributed by atoms with Crippen molar-refractivity contribution in [1.29, 1.82) is 0 Å². The summed E-state index contributed by atoms with van der Waals surface area (Å²) in [5.74, 6) is -0.212. The molecule has 448 valence electrons. The van der Waals surface area contributed by atoms with E-state index < -0.39 is 49.5 Å². The van der Waals surface area contributed by atoms with Crippen molar-refractivity contribution in [2.45, 2.75) is 326 Å². The normalized spacial score (nSPS) is 19.0. The molecule has 0 aromatic heterocycles. The van der Waals surface area contributed by atoms with Crippen molar-refractivity contribution < 1.29 is 49.3 Å². The fourth-order valence-electron chi connectivity index (χ4n) is 9.71. The van der Waals surface area contributed by atoms with E-state index in [-0.39, 0.29) is 18.5 Å². The van der Waals surface area contributed by atoms with E-state index in [0.29, 0.717) is 19.4 Å². The SMILES string of the molecule is CCCCC/C=C/CC/C=C/C(O)C(COC1OC(CO)C(O)C(O)C1O)NC(=O)CCCCCCCCCCC/C=C\C/C=C\CCCCCCCCCCCOC(=O)CCCCCCC/C=C\CCCCCCCC. The van der Waals surface area contributed by atoms with E-state index in [1.54, 1.807) is 6.08 Å². The molecule has 0 aromatic rings. The van der Waals surface area contributed by atoms with Crippen LogP contribution in [-0.4, -0.2) is 100 Å². The number of aliphatic hydroxyl groups is 5. The Bertz CT molecular complexity index is 1460. The molecule has 1 aliphatic rings. The third kappa shape index (κ3) is 44.8. The quantitative estimate of drug-likeness (QED) is 0.0195. The minimum Gasteiger partial charge on any atom is -0.466 e. The van der Waals surface area contributed by atoms with Crippen molar-refractivity contribution in [3.05, 3.63) is 60.8 Å². The van der Waals surface area contributed by atoms with Gasteiger partial charge in [-0.15, -0.1) is 0 Å². The van der Waals surface area contributed by atoms with Crippen LogP contribution >= 0.6 is 0 Å². The van der Waals surface area contributed by atoms with Crippen molar-refractivity contribution in [2.24, 2.45) is 0 Å². The minimum absolute atomic E-state index is 0.0105. The number of allylic oxidation sites excluding steroid dienone is 9. The third-order valence-corrected chi connectivity index (χ3v) is 14.8. The zero-order chi connectivity index (χ0) is 55.9. The number of hydrogen-bond donors (Lipinski definition) is 6. The lowest BCUT2D eigenvalue weighted by molar-refractivity contribution is -0.302. The number of hydrogen-bond acceptors (Lipinski definition) is 10. The van der Waals surface area contributed by atoms with E-state index in [9.17, 15) is 35.1 Å². The van der Waals surface area contributed by atoms with Gasteiger partial charge < -0.3 is 45.1 Å². The summed E-state index contributed by atoms with van der Waals surface area (Å²) in [4.78, 5) is 25.1. The highest BCUT2D eigenvalue weighted by Crippen LogP contribution is 2.23. The molecule has 1 fully saturated rings. The Hall–Kier alpha value is -2.64. The van der Waals surface area contributed by atoms with Crippen LogP contribution in [0.4, 0.5) is 0 Å². The second-order valence-corrected chi connectivity index (χ2v) is 22.1. The van der Waals surface area contributed by atoms with Gasteiger partial charge in [-0.2, -0.15) is 0 Å². The van der Waals surface area contributed by atoms with Gasteiger partial charge in [0.25, 0.3) is 0 Å². The average molecular weight is 1090 g/mol. The zero-order valence-electron chi connectivity index (χ0n) is 49.4. The molecule has 0 aromatic carbocycles. The van der Waals surface area contributed by atoms with Gasteiger partial charge in [0.05, 0.1) is 32.0 Å². The Balaban J connectivity index is 1.99. The topological polar surface area (TPSA) is 175 Å². The van der Waals surface area contributed by atoms with Crippen LogP contribution in [0.25, 0.3) is 0 Å². The lowest BCUT2D eigenvalue weighted by atomic mass is 9.99. The summed E-state index contributed by atoms with van der Waals surface area (Å²) in [7, 11) is 0. The summed E-state index contributed by atoms with van der Waals surface area (Å²) in [6.07, 6.45) is 62.1. The Labute approximate surface area is 471 Å². The van der Waals surface area contributed by atoms with Crippen LogP contribution in [0.2, 0.25) is 0 Å². The average Bonchev–Trinajstić information content (AvgIpc) is 3.43. The summed E-state index contributed by atoms with van der Waals surface area (Å²) in [5.41, 5.74) is 0. The summed E-state index contributed by atoms with van der Waals surface area (Å²) in [5, 5.41) is 54.2. The van der Waals surface area contributed by atoms with Crippen molar-refractivity contribution in [2.75, 3.05) is 19.8 Å². The van der Waals surface area contributed by atoms with E-state index in [1.165, 1.54) is 173 Å². The maximum absolute atomic E-state index is 13.0. The first-order valence-electron chi connectivity index (χ1n) is 32.1. The lowest BCUT2D eigenvalue weighted by Crippen LogP contribution is -2.60. The molecule has 11 heteroatoms. The van der Waals surface area contributed by atoms with Gasteiger partial charge >= 0.3 is 5.97 Å². The van der Waals surface area contributed by atoms with Crippen LogP contribution in [0.15, 0.2) is 60.8 Å². The smallest absolute Gasteiger partial charge is 0.305 e. The third-order valence-electron chi connectivity index (χ3n) is 14.8. The van der Waals surface area contributed by atoms with Gasteiger partial charge in [0.1, 0.15) is 24.4 Å². The standard InChI is InChI=1S/C66H119NO10/c1-3-5-7-9-11-13-14-15-27-31-34-38-42-46-50-54-62(71)75-55-51-47-43-39-35-32-29-26-24-22-20-18-16-17-19-21-23-25-28-30-33-37-41-45-49-53-61(70)67-58(59(69)52-48-44-40-36-12-10-8-6-4-2)57-76-66-65(74)64(73)63(72)60(56-68)77-66/h12,15,17-20,27,36,48,52,58-60,63-66,68-69,72-74H,3-11,13-14,16,21-26,28-35,37-47,49-51,53-57H2,1-2H3,(H,67,70)/b19-17-,20-18-,27-15-,36-12+,52-48+. The van der Waals surface area contributed by atoms with Crippen LogP contribution in [0.3, 0.4) is 0 Å². The molecule has 7 atom stereocenters. The summed E-state index contributed by atoms with van der Waals surface area (Å²) < 4.78 is 16.7. The van der Waals surface area contributed by atoms with E-state index in [0.717, 1.165) is 83.5 Å². The Morgan fingerprint density at radius 2 is 0.883 bits per heavy atom. The second kappa shape index (κ2) is 55.3. The molecule has 1 rings (SSSR count). The first-order chi connectivity index (χ1) is 37.7. The first kappa shape index (κ1) is 72.4. The van der Waals surface area contributed by atoms with Crippen LogP contribution < -0.4 is 5.32 Å². The van der Waals surface area contributed by atoms with Gasteiger partial charge in [0.2, 0.25) is 5.91 Å². The molecular formula is C66H119NO10. The fraction of sp³-hybridized carbons (Fsp3) is 0.818. The van der Waals surface area contributed by atoms with Crippen molar-refractivity contribution >= 4 is 11.9 Å². The van der Waals surface area contributed by atoms with Gasteiger partial charge in [0.15, 0.2) is 6.29 Å². The summed E-state index contributed by atoms with van der Waals surface area (Å²) in [6, 6.07) is -0.832. The van der Waals surface area contributed by atoms with Crippen LogP contribution in [-0.2, 0) is 23.8 Å². The molecule has 77 heavy (non-hydrogen) atoms. The number of unbranched alkanes of at least 4 members (excludes halogenated alkanes) is 33. The van der Waals surface area contributed by atoms with Crippen LogP contribution in [0, 0.1) is 0 Å². The largest absolute Gasteiger partial charge is 0.466 e. The van der Waals surface area contributed by atoms with E-state index in [1.807, 2.05) is 6.08 Å². The molecule has 1 amide bonds. The monoisotopic (exact) mass is 1090 g/mol. The van der Waals surface area contributed by atoms with E-state index in [2.05, 4.69) is 67.8 Å². The molecule has 0 saturated carbocycles. The summed E-state index contributed by atoms with van der Waals surface area (Å²) >= 11 is 0. The van der Waals surface area contributed by atoms with E-state index in [4.69, 9.17) is 14.2 Å². The molecule has 1 heterocycles. The number of ether oxygens (including phenoxy) is 3. The number of carbonyl (C=O) groups excluding carboxylic acids is 2. The van der Waals surface area contributed by atoms with Gasteiger partial charge in [-0.1, -0.05) is 229 Å². The maximum Gasteiger partial charge on any atom is 0.305 e. The Kier molecular flexibility index (Phi) is 52.0. The maximum atomic E-state index is 13.0. The zero-order valence-corrected chi connectivity index (χ0v) is 49.4. The first-order valence-corrected chi connectivity index (χ1v) is 32.1. The van der Waals surface area contributed by atoms with Gasteiger partial charge in [-0.05, 0) is 103 Å². The molecule has 0 spiro atoms. The molecule has 1 saturated heterocycles. The number of esters is 1. The van der Waals surface area contributed by atoms with Crippen LogP contribution in [0.5, 0.6) is 0 Å². The summed E-state index contributed by atoms with van der Waals surface area (Å²) in [6.45, 7) is 4.26. The van der Waals surface area contributed by atoms with Crippen LogP contribution in [0.1, 0.15) is 284 Å². The number of nitrogens with one attached hydrogen (secondary N) is 1. The molecule has 0 bridgehead atoms. The fourth-order valence-corrected chi connectivity index (χ4v) is 9.71. The predicted octanol–water partition coefficient (Wildman–Crippen LogP) is 15.4. The second-order valence-electron chi connectivity index (χ2n) is 22.1. The van der Waals surface area contributed by atoms with Crippen molar-refractivity contribution in [3.8, 4) is 0 Å². The molecule has 1 aliphatic heterocycles. The van der Waals surface area contributed by atoms with Gasteiger partial charge in [0, 0.05) is 12.8 Å². The molecule has 0 aliphatic carbocycles. The minimum atomic E-state index is -1.58. The van der Waals surface area contributed by atoms with Gasteiger partial charge in [-0.25, -0.2) is 0 Å². The van der Waals surface area contributed by atoms with Gasteiger partial charge in [-0.3, -0.25) is 9.59 Å². The lowest BCUT2D eigenvalue weighted by Gasteiger charge is -2.40. The molecule has 11 nitrogen and oxygen atoms in total. The number of rotatable bonds is 55. The Morgan fingerprint density at radius 1 is 0.481 bits per heavy atom.